The molecule has 0 aromatic carbocycles. The summed E-state index contributed by atoms with van der Waals surface area (Å²) in [5.41, 5.74) is 2.90. The van der Waals surface area contributed by atoms with Gasteiger partial charge < -0.3 is 4.57 Å². The van der Waals surface area contributed by atoms with Crippen molar-refractivity contribution < 1.29 is 0 Å². The lowest BCUT2D eigenvalue weighted by Crippen LogP contribution is -2.16. The van der Waals surface area contributed by atoms with Crippen LogP contribution in [-0.2, 0) is 0 Å². The molecule has 0 bridgehead atoms. The van der Waals surface area contributed by atoms with E-state index in [1.807, 2.05) is 13.3 Å². The second-order valence-electron chi connectivity index (χ2n) is 3.87. The highest BCUT2D eigenvalue weighted by molar-refractivity contribution is 5.72. The monoisotopic (exact) mass is 188 g/mol. The first-order valence-corrected chi connectivity index (χ1v) is 5.00. The van der Waals surface area contributed by atoms with Crippen molar-refractivity contribution in [2.75, 3.05) is 0 Å². The minimum absolute atomic E-state index is 0.620. The van der Waals surface area contributed by atoms with Crippen molar-refractivity contribution in [1.82, 2.24) is 19.5 Å². The van der Waals surface area contributed by atoms with Crippen LogP contribution in [0.2, 0.25) is 0 Å². The van der Waals surface area contributed by atoms with E-state index < -0.39 is 0 Å². The predicted octanol–water partition coefficient (Wildman–Crippen LogP) is 1.86. The number of hydrogen-bond donors (Lipinski definition) is 0. The first-order valence-electron chi connectivity index (χ1n) is 5.00. The second-order valence-corrected chi connectivity index (χ2v) is 3.87. The van der Waals surface area contributed by atoms with Gasteiger partial charge >= 0.3 is 0 Å². The summed E-state index contributed by atoms with van der Waals surface area (Å²) in [5.74, 6) is 0. The molecule has 1 fully saturated rings. The summed E-state index contributed by atoms with van der Waals surface area (Å²) < 4.78 is 2.19. The Labute approximate surface area is 82.0 Å². The second kappa shape index (κ2) is 2.77. The third-order valence-electron chi connectivity index (χ3n) is 3.01. The third kappa shape index (κ3) is 0.967. The standard InChI is InChI=1S/C10H12N4/c1-7-9-10(12-5-11-7)14(6-13-9)8-3-2-4-8/h5-6,8H,2-4H2,1H3. The molecular weight excluding hydrogens is 176 g/mol. The maximum Gasteiger partial charge on any atom is 0.163 e. The summed E-state index contributed by atoms with van der Waals surface area (Å²) in [7, 11) is 0. The number of hydrogen-bond acceptors (Lipinski definition) is 3. The summed E-state index contributed by atoms with van der Waals surface area (Å²) >= 11 is 0. The van der Waals surface area contributed by atoms with Gasteiger partial charge in [0.2, 0.25) is 0 Å². The van der Waals surface area contributed by atoms with E-state index in [0.29, 0.717) is 6.04 Å². The molecule has 3 rings (SSSR count). The fraction of sp³-hybridized carbons (Fsp3) is 0.500. The van der Waals surface area contributed by atoms with Crippen LogP contribution in [0.15, 0.2) is 12.7 Å². The topological polar surface area (TPSA) is 43.6 Å². The zero-order valence-corrected chi connectivity index (χ0v) is 8.14. The molecule has 14 heavy (non-hydrogen) atoms. The Morgan fingerprint density at radius 1 is 1.29 bits per heavy atom. The molecule has 4 heteroatoms. The molecule has 0 spiro atoms. The molecule has 0 N–H and O–H groups in total. The number of aromatic nitrogens is 4. The van der Waals surface area contributed by atoms with Crippen LogP contribution < -0.4 is 0 Å². The van der Waals surface area contributed by atoms with E-state index in [1.165, 1.54) is 19.3 Å². The Balaban J connectivity index is 2.20. The molecule has 1 saturated carbocycles. The van der Waals surface area contributed by atoms with Crippen LogP contribution in [0, 0.1) is 6.92 Å². The van der Waals surface area contributed by atoms with E-state index in [0.717, 1.165) is 16.9 Å². The van der Waals surface area contributed by atoms with Crippen molar-refractivity contribution in [3.05, 3.63) is 18.3 Å². The molecule has 0 unspecified atom stereocenters. The molecule has 1 aliphatic carbocycles. The van der Waals surface area contributed by atoms with Crippen molar-refractivity contribution in [3.8, 4) is 0 Å². The summed E-state index contributed by atoms with van der Waals surface area (Å²) in [4.78, 5) is 12.8. The average molecular weight is 188 g/mol. The van der Waals surface area contributed by atoms with Crippen LogP contribution in [0.4, 0.5) is 0 Å². The molecule has 72 valence electrons. The minimum Gasteiger partial charge on any atom is -0.312 e. The van der Waals surface area contributed by atoms with Gasteiger partial charge in [-0.2, -0.15) is 0 Å². The molecule has 0 aliphatic heterocycles. The zero-order chi connectivity index (χ0) is 9.54. The van der Waals surface area contributed by atoms with Crippen LogP contribution in [0.25, 0.3) is 11.2 Å². The number of aryl methyl sites for hydroxylation is 1. The van der Waals surface area contributed by atoms with Gasteiger partial charge in [-0.1, -0.05) is 0 Å². The molecule has 0 atom stereocenters. The van der Waals surface area contributed by atoms with Crippen LogP contribution in [-0.4, -0.2) is 19.5 Å². The van der Waals surface area contributed by atoms with E-state index in [-0.39, 0.29) is 0 Å². The molecule has 0 amide bonds. The third-order valence-corrected chi connectivity index (χ3v) is 3.01. The molecule has 1 aliphatic rings. The fourth-order valence-corrected chi connectivity index (χ4v) is 1.90. The molecule has 0 saturated heterocycles. The Bertz CT molecular complexity index is 470. The van der Waals surface area contributed by atoms with Crippen molar-refractivity contribution in [2.24, 2.45) is 0 Å². The van der Waals surface area contributed by atoms with E-state index in [1.54, 1.807) is 6.33 Å². The summed E-state index contributed by atoms with van der Waals surface area (Å²) in [5, 5.41) is 0. The average Bonchev–Trinajstić information content (AvgIpc) is 2.48. The van der Waals surface area contributed by atoms with Gasteiger partial charge in [-0.3, -0.25) is 0 Å². The van der Waals surface area contributed by atoms with Crippen molar-refractivity contribution in [1.29, 1.82) is 0 Å². The maximum absolute atomic E-state index is 4.36. The van der Waals surface area contributed by atoms with Crippen LogP contribution in [0.3, 0.4) is 0 Å². The van der Waals surface area contributed by atoms with Gasteiger partial charge in [0, 0.05) is 6.04 Å². The molecule has 0 radical (unpaired) electrons. The molecule has 2 aromatic rings. The highest BCUT2D eigenvalue weighted by Crippen LogP contribution is 2.33. The maximum atomic E-state index is 4.36. The molecule has 2 aromatic heterocycles. The number of nitrogens with zero attached hydrogens (tertiary/aromatic N) is 4. The van der Waals surface area contributed by atoms with E-state index in [2.05, 4.69) is 19.5 Å². The molecule has 4 nitrogen and oxygen atoms in total. The number of imidazole rings is 1. The number of rotatable bonds is 1. The quantitative estimate of drug-likeness (QED) is 0.686. The van der Waals surface area contributed by atoms with Crippen molar-refractivity contribution in [3.63, 3.8) is 0 Å². The fourth-order valence-electron chi connectivity index (χ4n) is 1.90. The molecular formula is C10H12N4. The summed E-state index contributed by atoms with van der Waals surface area (Å²) in [6, 6.07) is 0.620. The van der Waals surface area contributed by atoms with Crippen LogP contribution in [0.1, 0.15) is 31.0 Å². The van der Waals surface area contributed by atoms with Gasteiger partial charge in [-0.25, -0.2) is 15.0 Å². The smallest absolute Gasteiger partial charge is 0.163 e. The normalized spacial score (nSPS) is 17.2. The Morgan fingerprint density at radius 2 is 2.14 bits per heavy atom. The van der Waals surface area contributed by atoms with Crippen molar-refractivity contribution >= 4 is 11.2 Å². The minimum atomic E-state index is 0.620. The predicted molar refractivity (Wildman–Crippen MR) is 52.9 cm³/mol. The van der Waals surface area contributed by atoms with E-state index in [9.17, 15) is 0 Å². The van der Waals surface area contributed by atoms with Gasteiger partial charge in [0.1, 0.15) is 11.8 Å². The van der Waals surface area contributed by atoms with E-state index in [4.69, 9.17) is 0 Å². The van der Waals surface area contributed by atoms with Crippen LogP contribution >= 0.6 is 0 Å². The largest absolute Gasteiger partial charge is 0.312 e. The summed E-state index contributed by atoms with van der Waals surface area (Å²) in [6.45, 7) is 1.97. The van der Waals surface area contributed by atoms with Gasteiger partial charge in [0.15, 0.2) is 5.65 Å². The Kier molecular flexibility index (Phi) is 1.56. The lowest BCUT2D eigenvalue weighted by Gasteiger charge is -2.26. The highest BCUT2D eigenvalue weighted by Gasteiger charge is 2.21. The Hall–Kier alpha value is -1.45. The Morgan fingerprint density at radius 3 is 2.86 bits per heavy atom. The lowest BCUT2D eigenvalue weighted by atomic mass is 9.93. The molecule has 2 heterocycles. The van der Waals surface area contributed by atoms with Gasteiger partial charge in [0.25, 0.3) is 0 Å². The highest BCUT2D eigenvalue weighted by atomic mass is 15.1. The zero-order valence-electron chi connectivity index (χ0n) is 8.14. The SMILES string of the molecule is Cc1ncnc2c1ncn2C1CCC1. The van der Waals surface area contributed by atoms with Gasteiger partial charge in [-0.05, 0) is 26.2 Å². The van der Waals surface area contributed by atoms with E-state index >= 15 is 0 Å². The lowest BCUT2D eigenvalue weighted by molar-refractivity contribution is 0.319. The number of fused-ring (bicyclic) bond motifs is 1. The first kappa shape index (κ1) is 7.91. The summed E-state index contributed by atoms with van der Waals surface area (Å²) in [6.07, 6.45) is 7.36. The van der Waals surface area contributed by atoms with Gasteiger partial charge in [0.05, 0.1) is 12.0 Å². The first-order chi connectivity index (χ1) is 6.86. The van der Waals surface area contributed by atoms with Crippen LogP contribution in [0.5, 0.6) is 0 Å². The van der Waals surface area contributed by atoms with Crippen molar-refractivity contribution in [2.45, 2.75) is 32.2 Å². The van der Waals surface area contributed by atoms with Gasteiger partial charge in [-0.15, -0.1) is 0 Å².